The van der Waals surface area contributed by atoms with E-state index in [0.717, 1.165) is 6.42 Å². The maximum atomic E-state index is 13.9. The van der Waals surface area contributed by atoms with Gasteiger partial charge in [0.15, 0.2) is 0 Å². The molecule has 0 fully saturated rings. The first-order chi connectivity index (χ1) is 8.52. The molecule has 19 heavy (non-hydrogen) atoms. The van der Waals surface area contributed by atoms with Crippen molar-refractivity contribution in [3.63, 3.8) is 0 Å². The summed E-state index contributed by atoms with van der Waals surface area (Å²) >= 11 is 3.09. The van der Waals surface area contributed by atoms with Crippen molar-refractivity contribution in [2.45, 2.75) is 46.6 Å². The molecule has 0 aromatic heterocycles. The summed E-state index contributed by atoms with van der Waals surface area (Å²) < 4.78 is 14.2. The lowest BCUT2D eigenvalue weighted by atomic mass is 9.81. The van der Waals surface area contributed by atoms with E-state index in [4.69, 9.17) is 0 Å². The molecule has 0 aliphatic heterocycles. The van der Waals surface area contributed by atoms with Crippen molar-refractivity contribution >= 4 is 21.8 Å². The van der Waals surface area contributed by atoms with Gasteiger partial charge in [0.25, 0.3) is 5.91 Å². The maximum absolute atomic E-state index is 13.9. The Morgan fingerprint density at radius 3 is 2.37 bits per heavy atom. The van der Waals surface area contributed by atoms with Crippen LogP contribution in [0.1, 0.15) is 51.4 Å². The van der Waals surface area contributed by atoms with Crippen molar-refractivity contribution in [1.82, 2.24) is 5.32 Å². The Morgan fingerprint density at radius 2 is 1.84 bits per heavy atom. The van der Waals surface area contributed by atoms with E-state index >= 15 is 0 Å². The zero-order chi connectivity index (χ0) is 14.8. The molecule has 1 rings (SSSR count). The molecule has 0 radical (unpaired) electrons. The highest BCUT2D eigenvalue weighted by Crippen LogP contribution is 2.27. The minimum absolute atomic E-state index is 0.0661. The van der Waals surface area contributed by atoms with Crippen LogP contribution in [0.25, 0.3) is 0 Å². The van der Waals surface area contributed by atoms with Gasteiger partial charge in [-0.15, -0.1) is 0 Å². The number of rotatable bonds is 3. The van der Waals surface area contributed by atoms with Gasteiger partial charge in [0.05, 0.1) is 10.0 Å². The summed E-state index contributed by atoms with van der Waals surface area (Å²) in [5.41, 5.74) is -0.229. The third-order valence-corrected chi connectivity index (χ3v) is 3.23. The molecule has 0 saturated heterocycles. The van der Waals surface area contributed by atoms with E-state index in [2.05, 4.69) is 42.0 Å². The fourth-order valence-electron chi connectivity index (χ4n) is 2.42. The minimum Gasteiger partial charge on any atom is -0.347 e. The highest BCUT2D eigenvalue weighted by Gasteiger charge is 2.28. The molecule has 0 aliphatic rings. The second kappa shape index (κ2) is 5.61. The van der Waals surface area contributed by atoms with Gasteiger partial charge in [-0.25, -0.2) is 4.39 Å². The summed E-state index contributed by atoms with van der Waals surface area (Å²) in [6.07, 6.45) is 0.807. The second-order valence-corrected chi connectivity index (χ2v) is 7.53. The number of carbonyl (C=O) groups excluding carboxylic acids is 1. The van der Waals surface area contributed by atoms with E-state index in [-0.39, 0.29) is 22.4 Å². The van der Waals surface area contributed by atoms with Gasteiger partial charge in [0, 0.05) is 5.54 Å². The van der Waals surface area contributed by atoms with Crippen molar-refractivity contribution in [3.8, 4) is 0 Å². The van der Waals surface area contributed by atoms with E-state index in [1.54, 1.807) is 12.1 Å². The Hall–Kier alpha value is -0.900. The van der Waals surface area contributed by atoms with E-state index in [1.807, 2.05) is 13.8 Å². The lowest BCUT2D eigenvalue weighted by Crippen LogP contribution is -2.46. The van der Waals surface area contributed by atoms with Crippen molar-refractivity contribution in [2.75, 3.05) is 0 Å². The number of halogens is 2. The fourth-order valence-corrected chi connectivity index (χ4v) is 2.79. The summed E-state index contributed by atoms with van der Waals surface area (Å²) in [4.78, 5) is 12.1. The van der Waals surface area contributed by atoms with Crippen LogP contribution < -0.4 is 5.32 Å². The van der Waals surface area contributed by atoms with E-state index in [9.17, 15) is 9.18 Å². The molecule has 0 unspecified atom stereocenters. The lowest BCUT2D eigenvalue weighted by molar-refractivity contribution is 0.0887. The average molecular weight is 330 g/mol. The lowest BCUT2D eigenvalue weighted by Gasteiger charge is -2.33. The van der Waals surface area contributed by atoms with Crippen LogP contribution in [-0.4, -0.2) is 11.4 Å². The number of hydrogen-bond donors (Lipinski definition) is 1. The van der Waals surface area contributed by atoms with Gasteiger partial charge in [-0.3, -0.25) is 4.79 Å². The van der Waals surface area contributed by atoms with Crippen molar-refractivity contribution in [2.24, 2.45) is 5.41 Å². The Morgan fingerprint density at radius 1 is 1.26 bits per heavy atom. The predicted octanol–water partition coefficient (Wildman–Crippen LogP) is 4.53. The Bertz CT molecular complexity index is 478. The van der Waals surface area contributed by atoms with Crippen LogP contribution in [0, 0.1) is 11.2 Å². The zero-order valence-corrected chi connectivity index (χ0v) is 13.7. The van der Waals surface area contributed by atoms with Gasteiger partial charge >= 0.3 is 0 Å². The molecule has 4 heteroatoms. The number of nitrogens with one attached hydrogen (secondary N) is 1. The zero-order valence-electron chi connectivity index (χ0n) is 12.1. The van der Waals surface area contributed by atoms with E-state index in [0.29, 0.717) is 4.47 Å². The molecule has 0 atom stereocenters. The first-order valence-corrected chi connectivity index (χ1v) is 7.08. The summed E-state index contributed by atoms with van der Waals surface area (Å²) in [6.45, 7) is 10.2. The summed E-state index contributed by atoms with van der Waals surface area (Å²) in [5, 5.41) is 2.90. The minimum atomic E-state index is -0.522. The molecule has 2 nitrogen and oxygen atoms in total. The SMILES string of the molecule is CC(C)(C)CC(C)(C)NC(=O)c1cccc(Br)c1F. The summed E-state index contributed by atoms with van der Waals surface area (Å²) in [5.74, 6) is -0.903. The van der Waals surface area contributed by atoms with Crippen molar-refractivity contribution in [3.05, 3.63) is 34.1 Å². The van der Waals surface area contributed by atoms with Crippen LogP contribution >= 0.6 is 15.9 Å². The third-order valence-electron chi connectivity index (χ3n) is 2.62. The summed E-state index contributed by atoms with van der Waals surface area (Å²) in [7, 11) is 0. The van der Waals surface area contributed by atoms with E-state index < -0.39 is 5.82 Å². The van der Waals surface area contributed by atoms with Crippen molar-refractivity contribution < 1.29 is 9.18 Å². The highest BCUT2D eigenvalue weighted by atomic mass is 79.9. The maximum Gasteiger partial charge on any atom is 0.254 e. The Kier molecular flexibility index (Phi) is 4.77. The number of amides is 1. The van der Waals surface area contributed by atoms with Gasteiger partial charge in [-0.1, -0.05) is 26.8 Å². The Balaban J connectivity index is 2.88. The number of carbonyl (C=O) groups is 1. The van der Waals surface area contributed by atoms with Gasteiger partial charge in [-0.2, -0.15) is 0 Å². The van der Waals surface area contributed by atoms with Crippen LogP contribution in [0.3, 0.4) is 0 Å². The molecular weight excluding hydrogens is 309 g/mol. The quantitative estimate of drug-likeness (QED) is 0.867. The molecule has 1 N–H and O–H groups in total. The topological polar surface area (TPSA) is 29.1 Å². The molecule has 0 heterocycles. The first kappa shape index (κ1) is 16.2. The molecule has 1 aromatic rings. The average Bonchev–Trinajstić information content (AvgIpc) is 2.17. The normalized spacial score (nSPS) is 12.4. The third kappa shape index (κ3) is 4.94. The van der Waals surface area contributed by atoms with Crippen LogP contribution in [-0.2, 0) is 0 Å². The van der Waals surface area contributed by atoms with Crippen molar-refractivity contribution in [1.29, 1.82) is 0 Å². The molecule has 106 valence electrons. The molecular formula is C15H21BrFNO. The largest absolute Gasteiger partial charge is 0.347 e. The number of hydrogen-bond acceptors (Lipinski definition) is 1. The van der Waals surface area contributed by atoms with Gasteiger partial charge in [0.1, 0.15) is 5.82 Å². The molecule has 0 spiro atoms. The first-order valence-electron chi connectivity index (χ1n) is 6.28. The monoisotopic (exact) mass is 329 g/mol. The van der Waals surface area contributed by atoms with E-state index in [1.165, 1.54) is 6.07 Å². The smallest absolute Gasteiger partial charge is 0.254 e. The van der Waals surface area contributed by atoms with Crippen LogP contribution in [0.15, 0.2) is 22.7 Å². The van der Waals surface area contributed by atoms with Crippen LogP contribution in [0.5, 0.6) is 0 Å². The second-order valence-electron chi connectivity index (χ2n) is 6.68. The number of benzene rings is 1. The standard InChI is InChI=1S/C15H21BrFNO/c1-14(2,3)9-15(4,5)18-13(19)10-7-6-8-11(16)12(10)17/h6-8H,9H2,1-5H3,(H,18,19). The Labute approximate surface area is 122 Å². The van der Waals surface area contributed by atoms with Gasteiger partial charge in [-0.05, 0) is 53.7 Å². The molecule has 0 aliphatic carbocycles. The molecule has 1 aromatic carbocycles. The van der Waals surface area contributed by atoms with Crippen LogP contribution in [0.4, 0.5) is 4.39 Å². The molecule has 1 amide bonds. The summed E-state index contributed by atoms with van der Waals surface area (Å²) in [6, 6.07) is 4.72. The predicted molar refractivity (Wildman–Crippen MR) is 79.7 cm³/mol. The molecule has 0 bridgehead atoms. The molecule has 0 saturated carbocycles. The van der Waals surface area contributed by atoms with Gasteiger partial charge < -0.3 is 5.32 Å². The van der Waals surface area contributed by atoms with Gasteiger partial charge in [0.2, 0.25) is 0 Å². The highest BCUT2D eigenvalue weighted by molar-refractivity contribution is 9.10. The fraction of sp³-hybridized carbons (Fsp3) is 0.533. The van der Waals surface area contributed by atoms with Crippen LogP contribution in [0.2, 0.25) is 0 Å².